The van der Waals surface area contributed by atoms with E-state index >= 15 is 0 Å². The van der Waals surface area contributed by atoms with Gasteiger partial charge in [0.1, 0.15) is 17.4 Å². The van der Waals surface area contributed by atoms with Crippen LogP contribution in [0, 0.1) is 17.1 Å². The smallest absolute Gasteiger partial charge is 0.147 e. The van der Waals surface area contributed by atoms with Gasteiger partial charge in [-0.1, -0.05) is 6.07 Å². The molecule has 6 rings (SSSR count). The second-order valence-electron chi connectivity index (χ2n) is 8.76. The Morgan fingerprint density at radius 3 is 2.77 bits per heavy atom. The molecular weight excluding hydrogens is 395 g/mol. The number of nitrogens with zero attached hydrogens (tertiary/aromatic N) is 4. The van der Waals surface area contributed by atoms with Gasteiger partial charge in [-0.25, -0.2) is 9.37 Å². The molecule has 1 aromatic heterocycles. The zero-order chi connectivity index (χ0) is 21.2. The Morgan fingerprint density at radius 2 is 2.03 bits per heavy atom. The first-order chi connectivity index (χ1) is 15.1. The van der Waals surface area contributed by atoms with Crippen LogP contribution in [0.25, 0.3) is 11.0 Å². The number of halogens is 1. The van der Waals surface area contributed by atoms with E-state index in [1.165, 1.54) is 12.1 Å². The fraction of sp³-hybridized carbons (Fsp3) is 0.375. The highest BCUT2D eigenvalue weighted by atomic mass is 19.1. The zero-order valence-corrected chi connectivity index (χ0v) is 17.0. The van der Waals surface area contributed by atoms with E-state index in [1.807, 2.05) is 18.2 Å². The van der Waals surface area contributed by atoms with Gasteiger partial charge >= 0.3 is 0 Å². The first kappa shape index (κ1) is 18.5. The van der Waals surface area contributed by atoms with Crippen LogP contribution in [-0.2, 0) is 21.5 Å². The number of imidazole rings is 1. The van der Waals surface area contributed by atoms with Crippen LogP contribution in [0.1, 0.15) is 42.3 Å². The van der Waals surface area contributed by atoms with Crippen molar-refractivity contribution in [3.05, 3.63) is 59.2 Å². The van der Waals surface area contributed by atoms with E-state index in [-0.39, 0.29) is 17.6 Å². The number of nitriles is 1. The third kappa shape index (κ3) is 2.78. The molecule has 1 saturated carbocycles. The van der Waals surface area contributed by atoms with Gasteiger partial charge in [0.05, 0.1) is 34.6 Å². The van der Waals surface area contributed by atoms with Crippen LogP contribution in [0.2, 0.25) is 0 Å². The van der Waals surface area contributed by atoms with E-state index < -0.39 is 5.41 Å². The molecule has 0 amide bonds. The molecular formula is C24H21FN4O2. The van der Waals surface area contributed by atoms with E-state index in [9.17, 15) is 14.4 Å². The third-order valence-corrected chi connectivity index (χ3v) is 6.93. The lowest BCUT2D eigenvalue weighted by atomic mass is 9.98. The molecule has 2 aliphatic heterocycles. The van der Waals surface area contributed by atoms with Crippen molar-refractivity contribution in [3.63, 3.8) is 0 Å². The van der Waals surface area contributed by atoms with Crippen LogP contribution < -0.4 is 4.90 Å². The van der Waals surface area contributed by atoms with Crippen molar-refractivity contribution in [1.29, 1.82) is 5.26 Å². The molecule has 2 fully saturated rings. The number of ether oxygens (including phenoxy) is 1. The van der Waals surface area contributed by atoms with E-state index in [0.717, 1.165) is 41.0 Å². The summed E-state index contributed by atoms with van der Waals surface area (Å²) < 4.78 is 21.9. The Balaban J connectivity index is 1.44. The number of carbonyl (C=O) groups excluding carboxylic acids is 1. The molecule has 1 atom stereocenters. The summed E-state index contributed by atoms with van der Waals surface area (Å²) in [6.45, 7) is 2.45. The largest absolute Gasteiger partial charge is 0.381 e. The summed E-state index contributed by atoms with van der Waals surface area (Å²) in [6.07, 6.45) is 2.31. The standard InChI is InChI=1S/C24H21FN4O2/c25-16-2-3-18-21(10-16)28(14-24(18)11-22(24)30)13-23-27-19-9-15(12-26)1-4-20(19)29(23)17-5-7-31-8-6-17/h1-4,9-10,17H,5-8,11,13-14H2. The second kappa shape index (κ2) is 6.63. The van der Waals surface area contributed by atoms with Gasteiger partial charge in [-0.15, -0.1) is 0 Å². The minimum atomic E-state index is -0.480. The number of hydrogen-bond acceptors (Lipinski definition) is 5. The average molecular weight is 416 g/mol. The van der Waals surface area contributed by atoms with Gasteiger partial charge in [-0.05, 0) is 48.7 Å². The van der Waals surface area contributed by atoms with Gasteiger partial charge in [0.2, 0.25) is 0 Å². The summed E-state index contributed by atoms with van der Waals surface area (Å²) in [7, 11) is 0. The molecule has 0 radical (unpaired) electrons. The molecule has 0 bridgehead atoms. The number of aromatic nitrogens is 2. The molecule has 31 heavy (non-hydrogen) atoms. The first-order valence-electron chi connectivity index (χ1n) is 10.7. The predicted octanol–water partition coefficient (Wildman–Crippen LogP) is 3.63. The molecule has 1 saturated heterocycles. The van der Waals surface area contributed by atoms with Gasteiger partial charge in [0.25, 0.3) is 0 Å². The second-order valence-corrected chi connectivity index (χ2v) is 8.76. The van der Waals surface area contributed by atoms with Crippen LogP contribution in [-0.4, -0.2) is 35.1 Å². The van der Waals surface area contributed by atoms with Crippen molar-refractivity contribution in [2.75, 3.05) is 24.7 Å². The highest BCUT2D eigenvalue weighted by molar-refractivity contribution is 6.09. The number of fused-ring (bicyclic) bond motifs is 3. The van der Waals surface area contributed by atoms with Crippen LogP contribution >= 0.6 is 0 Å². The maximum atomic E-state index is 14.1. The monoisotopic (exact) mass is 416 g/mol. The third-order valence-electron chi connectivity index (χ3n) is 6.93. The maximum absolute atomic E-state index is 14.1. The predicted molar refractivity (Wildman–Crippen MR) is 112 cm³/mol. The molecule has 1 unspecified atom stereocenters. The number of hydrogen-bond donors (Lipinski definition) is 0. The topological polar surface area (TPSA) is 71.2 Å². The van der Waals surface area contributed by atoms with Gasteiger partial charge < -0.3 is 14.2 Å². The van der Waals surface area contributed by atoms with Crippen molar-refractivity contribution < 1.29 is 13.9 Å². The van der Waals surface area contributed by atoms with Gasteiger partial charge in [-0.3, -0.25) is 4.79 Å². The van der Waals surface area contributed by atoms with E-state index in [1.54, 1.807) is 6.07 Å². The van der Waals surface area contributed by atoms with Crippen molar-refractivity contribution in [1.82, 2.24) is 9.55 Å². The SMILES string of the molecule is N#Cc1ccc2c(c1)nc(CN1CC3(CC3=O)c3ccc(F)cc31)n2C1CCOCC1. The zero-order valence-electron chi connectivity index (χ0n) is 17.0. The quantitative estimate of drug-likeness (QED) is 0.652. The number of ketones is 1. The normalized spacial score (nSPS) is 22.8. The lowest BCUT2D eigenvalue weighted by molar-refractivity contribution is -0.111. The minimum absolute atomic E-state index is 0.222. The Labute approximate surface area is 178 Å². The van der Waals surface area contributed by atoms with E-state index in [0.29, 0.717) is 38.3 Å². The molecule has 3 heterocycles. The number of benzene rings is 2. The first-order valence-corrected chi connectivity index (χ1v) is 10.7. The molecule has 1 spiro atoms. The van der Waals surface area contributed by atoms with Crippen LogP contribution in [0.3, 0.4) is 0 Å². The molecule has 1 aliphatic carbocycles. The lowest BCUT2D eigenvalue weighted by Gasteiger charge is -2.27. The molecule has 156 valence electrons. The summed E-state index contributed by atoms with van der Waals surface area (Å²) in [5.74, 6) is 0.794. The van der Waals surface area contributed by atoms with E-state index in [2.05, 4.69) is 15.5 Å². The van der Waals surface area contributed by atoms with Gasteiger partial charge in [0.15, 0.2) is 0 Å². The Bertz CT molecular complexity index is 1270. The van der Waals surface area contributed by atoms with Crippen LogP contribution in [0.5, 0.6) is 0 Å². The number of anilines is 1. The van der Waals surface area contributed by atoms with Crippen molar-refractivity contribution >= 4 is 22.5 Å². The van der Waals surface area contributed by atoms with E-state index in [4.69, 9.17) is 9.72 Å². The fourth-order valence-electron chi connectivity index (χ4n) is 5.28. The number of carbonyl (C=O) groups is 1. The highest BCUT2D eigenvalue weighted by Crippen LogP contribution is 2.54. The lowest BCUT2D eigenvalue weighted by Crippen LogP contribution is -2.28. The number of Topliss-reactive ketones (excluding diaryl/α,β-unsaturated/α-hetero) is 1. The Kier molecular flexibility index (Phi) is 3.96. The molecule has 3 aromatic rings. The minimum Gasteiger partial charge on any atom is -0.381 e. The summed E-state index contributed by atoms with van der Waals surface area (Å²) in [6, 6.07) is 12.8. The maximum Gasteiger partial charge on any atom is 0.147 e. The Hall–Kier alpha value is -3.24. The molecule has 6 nitrogen and oxygen atoms in total. The summed E-state index contributed by atoms with van der Waals surface area (Å²) >= 11 is 0. The average Bonchev–Trinajstić information content (AvgIpc) is 3.14. The van der Waals surface area contributed by atoms with Crippen molar-refractivity contribution in [2.24, 2.45) is 0 Å². The summed E-state index contributed by atoms with van der Waals surface area (Å²) in [5, 5.41) is 9.30. The van der Waals surface area contributed by atoms with Crippen LogP contribution in [0.4, 0.5) is 10.1 Å². The molecule has 7 heteroatoms. The van der Waals surface area contributed by atoms with Crippen molar-refractivity contribution in [3.8, 4) is 6.07 Å². The molecule has 3 aliphatic rings. The fourth-order valence-corrected chi connectivity index (χ4v) is 5.28. The number of rotatable bonds is 3. The van der Waals surface area contributed by atoms with Crippen molar-refractivity contribution in [2.45, 2.75) is 37.3 Å². The summed E-state index contributed by atoms with van der Waals surface area (Å²) in [4.78, 5) is 19.3. The highest BCUT2D eigenvalue weighted by Gasteiger charge is 2.60. The summed E-state index contributed by atoms with van der Waals surface area (Å²) in [5.41, 5.74) is 3.60. The molecule has 0 N–H and O–H groups in total. The molecule has 2 aromatic carbocycles. The van der Waals surface area contributed by atoms with Gasteiger partial charge in [-0.2, -0.15) is 5.26 Å². The van der Waals surface area contributed by atoms with Gasteiger partial charge in [0, 0.05) is 37.9 Å². The Morgan fingerprint density at radius 1 is 1.23 bits per heavy atom. The van der Waals surface area contributed by atoms with Crippen LogP contribution in [0.15, 0.2) is 36.4 Å².